The summed E-state index contributed by atoms with van der Waals surface area (Å²) in [6.07, 6.45) is 6.86. The second kappa shape index (κ2) is 5.16. The summed E-state index contributed by atoms with van der Waals surface area (Å²) < 4.78 is 0. The highest BCUT2D eigenvalue weighted by Crippen LogP contribution is 2.36. The summed E-state index contributed by atoms with van der Waals surface area (Å²) in [6.45, 7) is 2.16. The third-order valence-electron chi connectivity index (χ3n) is 3.44. The van der Waals surface area contributed by atoms with Gasteiger partial charge in [-0.05, 0) is 31.2 Å². The van der Waals surface area contributed by atoms with Crippen LogP contribution in [0.3, 0.4) is 0 Å². The third-order valence-corrected chi connectivity index (χ3v) is 4.53. The topological polar surface area (TPSA) is 0 Å². The Balaban J connectivity index is 2.16. The molecule has 0 saturated heterocycles. The molecule has 2 rings (SSSR count). The van der Waals surface area contributed by atoms with Gasteiger partial charge in [0.05, 0.1) is 0 Å². The number of hydrogen-bond acceptors (Lipinski definition) is 0. The molecule has 0 nitrogen and oxygen atoms in total. The lowest BCUT2D eigenvalue weighted by molar-refractivity contribution is 0.612. The lowest BCUT2D eigenvalue weighted by Crippen LogP contribution is -2.10. The minimum atomic E-state index is 0.683. The van der Waals surface area contributed by atoms with Gasteiger partial charge in [-0.3, -0.25) is 0 Å². The van der Waals surface area contributed by atoms with Gasteiger partial charge >= 0.3 is 0 Å². The fourth-order valence-electron chi connectivity index (χ4n) is 2.45. The van der Waals surface area contributed by atoms with Crippen LogP contribution in [-0.4, -0.2) is 4.83 Å². The van der Waals surface area contributed by atoms with Gasteiger partial charge in [-0.1, -0.05) is 65.0 Å². The molecular formula is C14H19Br. The van der Waals surface area contributed by atoms with E-state index in [-0.39, 0.29) is 0 Å². The first-order chi connectivity index (χ1) is 7.27. The van der Waals surface area contributed by atoms with Crippen LogP contribution >= 0.6 is 15.9 Å². The molecule has 0 heterocycles. The average molecular weight is 267 g/mol. The SMILES string of the molecule is Cc1ccc(C2CCCCCC2Br)cc1. The van der Waals surface area contributed by atoms with Crippen molar-refractivity contribution in [2.45, 2.75) is 49.8 Å². The van der Waals surface area contributed by atoms with E-state index in [2.05, 4.69) is 47.1 Å². The van der Waals surface area contributed by atoms with E-state index in [1.807, 2.05) is 0 Å². The van der Waals surface area contributed by atoms with Crippen LogP contribution in [0.4, 0.5) is 0 Å². The standard InChI is InChI=1S/C14H19Br/c1-11-7-9-12(10-8-11)13-5-3-2-4-6-14(13)15/h7-10,13-14H,2-6H2,1H3. The number of halogens is 1. The number of hydrogen-bond donors (Lipinski definition) is 0. The van der Waals surface area contributed by atoms with Crippen molar-refractivity contribution in [1.82, 2.24) is 0 Å². The number of alkyl halides is 1. The number of rotatable bonds is 1. The van der Waals surface area contributed by atoms with Crippen molar-refractivity contribution in [1.29, 1.82) is 0 Å². The van der Waals surface area contributed by atoms with E-state index in [1.165, 1.54) is 43.2 Å². The highest BCUT2D eigenvalue weighted by atomic mass is 79.9. The molecular weight excluding hydrogens is 248 g/mol. The Morgan fingerprint density at radius 1 is 1.00 bits per heavy atom. The monoisotopic (exact) mass is 266 g/mol. The Labute approximate surface area is 101 Å². The predicted octanol–water partition coefficient (Wildman–Crippen LogP) is 4.81. The average Bonchev–Trinajstić information content (AvgIpc) is 2.44. The molecule has 0 N–H and O–H groups in total. The molecule has 2 atom stereocenters. The van der Waals surface area contributed by atoms with Crippen LogP contribution < -0.4 is 0 Å². The first-order valence-corrected chi connectivity index (χ1v) is 6.89. The van der Waals surface area contributed by atoms with Crippen molar-refractivity contribution in [2.24, 2.45) is 0 Å². The third kappa shape index (κ3) is 2.84. The number of benzene rings is 1. The van der Waals surface area contributed by atoms with E-state index in [9.17, 15) is 0 Å². The van der Waals surface area contributed by atoms with E-state index in [0.717, 1.165) is 5.92 Å². The molecule has 0 radical (unpaired) electrons. The quantitative estimate of drug-likeness (QED) is 0.506. The molecule has 0 aromatic heterocycles. The van der Waals surface area contributed by atoms with Crippen molar-refractivity contribution in [3.8, 4) is 0 Å². The summed E-state index contributed by atoms with van der Waals surface area (Å²) in [5.74, 6) is 0.730. The van der Waals surface area contributed by atoms with Crippen molar-refractivity contribution in [2.75, 3.05) is 0 Å². The fourth-order valence-corrected chi connectivity index (χ4v) is 3.34. The molecule has 1 aromatic carbocycles. The first-order valence-electron chi connectivity index (χ1n) is 5.98. The van der Waals surface area contributed by atoms with Gasteiger partial charge in [0.25, 0.3) is 0 Å². The lowest BCUT2D eigenvalue weighted by atomic mass is 9.91. The van der Waals surface area contributed by atoms with Gasteiger partial charge in [0.1, 0.15) is 0 Å². The molecule has 1 aliphatic carbocycles. The zero-order valence-corrected chi connectivity index (χ0v) is 11.0. The van der Waals surface area contributed by atoms with Crippen LogP contribution in [0.2, 0.25) is 0 Å². The Morgan fingerprint density at radius 2 is 1.67 bits per heavy atom. The summed E-state index contributed by atoms with van der Waals surface area (Å²) in [5, 5.41) is 0. The van der Waals surface area contributed by atoms with E-state index in [0.29, 0.717) is 4.83 Å². The molecule has 1 aromatic rings. The Kier molecular flexibility index (Phi) is 3.85. The largest absolute Gasteiger partial charge is 0.0884 e. The zero-order chi connectivity index (χ0) is 10.7. The second-order valence-corrected chi connectivity index (χ2v) is 5.85. The Morgan fingerprint density at radius 3 is 2.40 bits per heavy atom. The molecule has 2 unspecified atom stereocenters. The van der Waals surface area contributed by atoms with Crippen LogP contribution in [-0.2, 0) is 0 Å². The highest BCUT2D eigenvalue weighted by molar-refractivity contribution is 9.09. The number of aryl methyl sites for hydroxylation is 1. The van der Waals surface area contributed by atoms with Crippen molar-refractivity contribution in [3.63, 3.8) is 0 Å². The van der Waals surface area contributed by atoms with Gasteiger partial charge in [-0.25, -0.2) is 0 Å². The Bertz CT molecular complexity index is 302. The van der Waals surface area contributed by atoms with Gasteiger partial charge < -0.3 is 0 Å². The van der Waals surface area contributed by atoms with Gasteiger partial charge in [-0.2, -0.15) is 0 Å². The molecule has 1 heteroatoms. The summed E-state index contributed by atoms with van der Waals surface area (Å²) in [4.78, 5) is 0.683. The smallest absolute Gasteiger partial charge is 0.0214 e. The fraction of sp³-hybridized carbons (Fsp3) is 0.571. The van der Waals surface area contributed by atoms with E-state index in [1.54, 1.807) is 0 Å². The van der Waals surface area contributed by atoms with Gasteiger partial charge in [0.15, 0.2) is 0 Å². The first kappa shape index (κ1) is 11.2. The van der Waals surface area contributed by atoms with E-state index >= 15 is 0 Å². The molecule has 82 valence electrons. The molecule has 0 aliphatic heterocycles. The molecule has 1 fully saturated rings. The van der Waals surface area contributed by atoms with Crippen molar-refractivity contribution in [3.05, 3.63) is 35.4 Å². The summed E-state index contributed by atoms with van der Waals surface area (Å²) >= 11 is 3.86. The van der Waals surface area contributed by atoms with Crippen LogP contribution in [0.1, 0.15) is 49.1 Å². The van der Waals surface area contributed by atoms with Gasteiger partial charge in [0, 0.05) is 4.83 Å². The summed E-state index contributed by atoms with van der Waals surface area (Å²) in [7, 11) is 0. The van der Waals surface area contributed by atoms with Crippen molar-refractivity contribution >= 4 is 15.9 Å². The van der Waals surface area contributed by atoms with Gasteiger partial charge in [-0.15, -0.1) is 0 Å². The lowest BCUT2D eigenvalue weighted by Gasteiger charge is -2.20. The molecule has 0 amide bonds. The van der Waals surface area contributed by atoms with Crippen molar-refractivity contribution < 1.29 is 0 Å². The molecule has 1 aliphatic rings. The van der Waals surface area contributed by atoms with E-state index < -0.39 is 0 Å². The van der Waals surface area contributed by atoms with Crippen LogP contribution in [0.15, 0.2) is 24.3 Å². The Hall–Kier alpha value is -0.300. The zero-order valence-electron chi connectivity index (χ0n) is 9.38. The van der Waals surface area contributed by atoms with Gasteiger partial charge in [0.2, 0.25) is 0 Å². The van der Waals surface area contributed by atoms with Crippen LogP contribution in [0.5, 0.6) is 0 Å². The highest BCUT2D eigenvalue weighted by Gasteiger charge is 2.22. The normalized spacial score (nSPS) is 27.3. The second-order valence-electron chi connectivity index (χ2n) is 4.67. The molecule has 0 bridgehead atoms. The van der Waals surface area contributed by atoms with Crippen LogP contribution in [0, 0.1) is 6.92 Å². The van der Waals surface area contributed by atoms with E-state index in [4.69, 9.17) is 0 Å². The summed E-state index contributed by atoms with van der Waals surface area (Å²) in [6, 6.07) is 9.08. The molecule has 0 spiro atoms. The minimum Gasteiger partial charge on any atom is -0.0884 e. The maximum absolute atomic E-state index is 3.86. The molecule has 1 saturated carbocycles. The minimum absolute atomic E-state index is 0.683. The molecule has 15 heavy (non-hydrogen) atoms. The van der Waals surface area contributed by atoms with Crippen LogP contribution in [0.25, 0.3) is 0 Å². The maximum atomic E-state index is 3.86. The predicted molar refractivity (Wildman–Crippen MR) is 69.7 cm³/mol. The summed E-state index contributed by atoms with van der Waals surface area (Å²) in [5.41, 5.74) is 2.88. The maximum Gasteiger partial charge on any atom is 0.0214 e.